The summed E-state index contributed by atoms with van der Waals surface area (Å²) in [5.74, 6) is 0. The van der Waals surface area contributed by atoms with Gasteiger partial charge in [-0.1, -0.05) is 0 Å². The molecule has 0 bridgehead atoms. The van der Waals surface area contributed by atoms with Crippen molar-refractivity contribution in [3.05, 3.63) is 0 Å². The average Bonchev–Trinajstić information content (AvgIpc) is 2.06. The average molecular weight is 279 g/mol. The van der Waals surface area contributed by atoms with Crippen molar-refractivity contribution >= 4 is 22.7 Å². The highest BCUT2D eigenvalue weighted by Gasteiger charge is 2.24. The number of rotatable bonds is 7. The molecule has 17 heavy (non-hydrogen) atoms. The standard InChI is InChI=1S/C10H25NO4Si2/c1-16(2,3)14-8-9(7-11-10(12)13)15-17(4,5)6/h9,11H,7-8H2,1-6H3,(H,12,13). The fourth-order valence-electron chi connectivity index (χ4n) is 1.18. The number of hydrogen-bond acceptors (Lipinski definition) is 3. The summed E-state index contributed by atoms with van der Waals surface area (Å²) in [4.78, 5) is 10.5. The van der Waals surface area contributed by atoms with Crippen molar-refractivity contribution in [2.75, 3.05) is 13.2 Å². The first-order valence-electron chi connectivity index (χ1n) is 5.78. The van der Waals surface area contributed by atoms with Crippen molar-refractivity contribution in [2.24, 2.45) is 0 Å². The van der Waals surface area contributed by atoms with Gasteiger partial charge >= 0.3 is 6.09 Å². The van der Waals surface area contributed by atoms with E-state index in [0.29, 0.717) is 6.61 Å². The Morgan fingerprint density at radius 1 is 1.18 bits per heavy atom. The van der Waals surface area contributed by atoms with Gasteiger partial charge in [0.15, 0.2) is 16.6 Å². The highest BCUT2D eigenvalue weighted by atomic mass is 28.4. The molecule has 0 aromatic carbocycles. The Balaban J connectivity index is 4.25. The van der Waals surface area contributed by atoms with Gasteiger partial charge in [-0.3, -0.25) is 0 Å². The zero-order valence-electron chi connectivity index (χ0n) is 11.7. The number of carbonyl (C=O) groups is 1. The van der Waals surface area contributed by atoms with Crippen LogP contribution < -0.4 is 5.32 Å². The smallest absolute Gasteiger partial charge is 0.404 e. The van der Waals surface area contributed by atoms with E-state index in [1.165, 1.54) is 0 Å². The first-order valence-corrected chi connectivity index (χ1v) is 12.6. The monoisotopic (exact) mass is 279 g/mol. The van der Waals surface area contributed by atoms with Crippen LogP contribution in [0.4, 0.5) is 4.79 Å². The lowest BCUT2D eigenvalue weighted by atomic mass is 10.4. The van der Waals surface area contributed by atoms with E-state index < -0.39 is 22.7 Å². The van der Waals surface area contributed by atoms with Crippen LogP contribution in [-0.2, 0) is 8.85 Å². The van der Waals surface area contributed by atoms with Crippen LogP contribution >= 0.6 is 0 Å². The third-order valence-corrected chi connectivity index (χ3v) is 3.78. The normalized spacial score (nSPS) is 14.5. The molecule has 0 aliphatic heterocycles. The van der Waals surface area contributed by atoms with Gasteiger partial charge in [0.25, 0.3) is 0 Å². The molecule has 1 unspecified atom stereocenters. The van der Waals surface area contributed by atoms with Gasteiger partial charge in [0.1, 0.15) is 0 Å². The lowest BCUT2D eigenvalue weighted by molar-refractivity contribution is 0.115. The van der Waals surface area contributed by atoms with E-state index in [2.05, 4.69) is 44.6 Å². The van der Waals surface area contributed by atoms with E-state index in [0.717, 1.165) is 0 Å². The minimum absolute atomic E-state index is 0.190. The number of amides is 1. The minimum atomic E-state index is -1.69. The van der Waals surface area contributed by atoms with Gasteiger partial charge in [0.2, 0.25) is 0 Å². The molecule has 0 saturated carbocycles. The molecule has 0 saturated heterocycles. The van der Waals surface area contributed by atoms with Crippen molar-refractivity contribution in [2.45, 2.75) is 45.4 Å². The highest BCUT2D eigenvalue weighted by Crippen LogP contribution is 2.10. The van der Waals surface area contributed by atoms with E-state index in [9.17, 15) is 4.79 Å². The molecule has 102 valence electrons. The Hall–Kier alpha value is -0.376. The van der Waals surface area contributed by atoms with Crippen molar-refractivity contribution < 1.29 is 18.8 Å². The Labute approximate surface area is 106 Å². The van der Waals surface area contributed by atoms with E-state index in [-0.39, 0.29) is 12.6 Å². The predicted molar refractivity (Wildman–Crippen MR) is 73.5 cm³/mol. The highest BCUT2D eigenvalue weighted by molar-refractivity contribution is 6.70. The maximum Gasteiger partial charge on any atom is 0.404 e. The molecule has 0 spiro atoms. The van der Waals surface area contributed by atoms with Crippen molar-refractivity contribution in [3.8, 4) is 0 Å². The van der Waals surface area contributed by atoms with Crippen LogP contribution in [0.15, 0.2) is 0 Å². The second-order valence-electron chi connectivity index (χ2n) is 5.96. The quantitative estimate of drug-likeness (QED) is 0.702. The van der Waals surface area contributed by atoms with E-state index >= 15 is 0 Å². The van der Waals surface area contributed by atoms with Crippen LogP contribution in [0.2, 0.25) is 39.3 Å². The topological polar surface area (TPSA) is 67.8 Å². The van der Waals surface area contributed by atoms with Crippen LogP contribution in [0, 0.1) is 0 Å². The molecule has 0 fully saturated rings. The summed E-state index contributed by atoms with van der Waals surface area (Å²) in [6.07, 6.45) is -1.22. The lowest BCUT2D eigenvalue weighted by Crippen LogP contribution is -2.44. The fraction of sp³-hybridized carbons (Fsp3) is 0.900. The van der Waals surface area contributed by atoms with Crippen LogP contribution in [-0.4, -0.2) is 47.1 Å². The summed E-state index contributed by atoms with van der Waals surface area (Å²) in [5.41, 5.74) is 0. The van der Waals surface area contributed by atoms with Crippen LogP contribution in [0.25, 0.3) is 0 Å². The van der Waals surface area contributed by atoms with E-state index in [1.807, 2.05) is 0 Å². The number of nitrogens with one attached hydrogen (secondary N) is 1. The molecule has 0 aliphatic rings. The summed E-state index contributed by atoms with van der Waals surface area (Å²) >= 11 is 0. The molecule has 0 aromatic heterocycles. The Morgan fingerprint density at radius 2 is 1.71 bits per heavy atom. The summed E-state index contributed by atoms with van der Waals surface area (Å²) < 4.78 is 11.7. The first-order chi connectivity index (χ1) is 7.49. The summed E-state index contributed by atoms with van der Waals surface area (Å²) in [7, 11) is -3.28. The molecule has 0 aliphatic carbocycles. The third-order valence-electron chi connectivity index (χ3n) is 1.70. The molecule has 1 atom stereocenters. The van der Waals surface area contributed by atoms with Gasteiger partial charge in [0, 0.05) is 6.54 Å². The molecule has 0 heterocycles. The Bertz CT molecular complexity index is 248. The van der Waals surface area contributed by atoms with Crippen molar-refractivity contribution in [1.82, 2.24) is 5.32 Å². The molecule has 1 amide bonds. The summed E-state index contributed by atoms with van der Waals surface area (Å²) in [6, 6.07) is 0. The second-order valence-corrected chi connectivity index (χ2v) is 14.9. The number of carboxylic acid groups (broad SMARTS) is 1. The summed E-state index contributed by atoms with van der Waals surface area (Å²) in [5, 5.41) is 11.0. The maximum atomic E-state index is 10.5. The molecule has 5 nitrogen and oxygen atoms in total. The van der Waals surface area contributed by atoms with E-state index in [4.69, 9.17) is 14.0 Å². The zero-order valence-corrected chi connectivity index (χ0v) is 13.7. The minimum Gasteiger partial charge on any atom is -0.465 e. The molecule has 7 heteroatoms. The zero-order chi connectivity index (χ0) is 13.7. The summed E-state index contributed by atoms with van der Waals surface area (Å²) in [6.45, 7) is 13.3. The maximum absolute atomic E-state index is 10.5. The first kappa shape index (κ1) is 16.6. The molecular weight excluding hydrogens is 254 g/mol. The van der Waals surface area contributed by atoms with Gasteiger partial charge in [-0.2, -0.15) is 0 Å². The second kappa shape index (κ2) is 6.53. The number of hydrogen-bond donors (Lipinski definition) is 2. The van der Waals surface area contributed by atoms with E-state index in [1.54, 1.807) is 0 Å². The van der Waals surface area contributed by atoms with Crippen molar-refractivity contribution in [1.29, 1.82) is 0 Å². The molecular formula is C10H25NO4Si2. The molecule has 0 aromatic rings. The Kier molecular flexibility index (Phi) is 6.38. The van der Waals surface area contributed by atoms with Crippen molar-refractivity contribution in [3.63, 3.8) is 0 Å². The van der Waals surface area contributed by atoms with Gasteiger partial charge in [-0.25, -0.2) is 4.79 Å². The van der Waals surface area contributed by atoms with Gasteiger partial charge in [-0.05, 0) is 39.3 Å². The van der Waals surface area contributed by atoms with Gasteiger partial charge < -0.3 is 19.3 Å². The van der Waals surface area contributed by atoms with Crippen LogP contribution in [0.1, 0.15) is 0 Å². The van der Waals surface area contributed by atoms with Gasteiger partial charge in [0.05, 0.1) is 12.7 Å². The fourth-order valence-corrected chi connectivity index (χ4v) is 3.02. The predicted octanol–water partition coefficient (Wildman–Crippen LogP) is 2.33. The lowest BCUT2D eigenvalue weighted by Gasteiger charge is -2.28. The molecule has 2 N–H and O–H groups in total. The van der Waals surface area contributed by atoms with Crippen LogP contribution in [0.3, 0.4) is 0 Å². The largest absolute Gasteiger partial charge is 0.465 e. The SMILES string of the molecule is C[Si](C)(C)OCC(CNC(=O)O)O[Si](C)(C)C. The van der Waals surface area contributed by atoms with Gasteiger partial charge in [-0.15, -0.1) is 0 Å². The Morgan fingerprint density at radius 3 is 2.06 bits per heavy atom. The molecule has 0 radical (unpaired) electrons. The van der Waals surface area contributed by atoms with Crippen LogP contribution in [0.5, 0.6) is 0 Å². The molecule has 0 rings (SSSR count). The third kappa shape index (κ3) is 11.9.